The second-order valence-corrected chi connectivity index (χ2v) is 3.60. The first-order valence-electron chi connectivity index (χ1n) is 5.00. The molecule has 0 saturated carbocycles. The van der Waals surface area contributed by atoms with Crippen LogP contribution in [0.5, 0.6) is 0 Å². The minimum atomic E-state index is -0.566. The van der Waals surface area contributed by atoms with Crippen LogP contribution in [0.4, 0.5) is 4.79 Å². The molecule has 86 valence electrons. The Kier molecular flexibility index (Phi) is 4.05. The molecular formula is C12H16N2O2. The van der Waals surface area contributed by atoms with E-state index in [1.807, 2.05) is 32.0 Å². The number of hydrogen-bond acceptors (Lipinski definition) is 3. The third-order valence-corrected chi connectivity index (χ3v) is 2.42. The molecule has 0 radical (unpaired) electrons. The average molecular weight is 220 g/mol. The molecule has 0 spiro atoms. The van der Waals surface area contributed by atoms with Gasteiger partial charge in [0.15, 0.2) is 0 Å². The summed E-state index contributed by atoms with van der Waals surface area (Å²) in [6.45, 7) is 5.93. The summed E-state index contributed by atoms with van der Waals surface area (Å²) >= 11 is 0. The van der Waals surface area contributed by atoms with E-state index in [1.54, 1.807) is 0 Å². The standard InChI is InChI=1S/C12H16N2O2/c1-8-5-6-11(7-9(8)2)10(3)13-14-12(15)16-4/h5-7H,1-4H3,(H,14,15)/b13-10-. The summed E-state index contributed by atoms with van der Waals surface area (Å²) in [5.41, 5.74) is 6.45. The molecule has 0 unspecified atom stereocenters. The van der Waals surface area contributed by atoms with Crippen LogP contribution in [0.2, 0.25) is 0 Å². The van der Waals surface area contributed by atoms with Crippen molar-refractivity contribution < 1.29 is 9.53 Å². The van der Waals surface area contributed by atoms with Crippen molar-refractivity contribution in [2.75, 3.05) is 7.11 Å². The molecule has 0 heterocycles. The van der Waals surface area contributed by atoms with Gasteiger partial charge in [-0.05, 0) is 43.5 Å². The molecule has 1 N–H and O–H groups in total. The number of nitrogens with zero attached hydrogens (tertiary/aromatic N) is 1. The number of nitrogens with one attached hydrogen (secondary N) is 1. The average Bonchev–Trinajstić information content (AvgIpc) is 2.29. The van der Waals surface area contributed by atoms with Gasteiger partial charge in [-0.25, -0.2) is 10.2 Å². The van der Waals surface area contributed by atoms with Gasteiger partial charge in [0.2, 0.25) is 0 Å². The molecule has 1 aromatic carbocycles. The smallest absolute Gasteiger partial charge is 0.427 e. The van der Waals surface area contributed by atoms with E-state index in [-0.39, 0.29) is 0 Å². The summed E-state index contributed by atoms with van der Waals surface area (Å²) < 4.78 is 4.42. The molecule has 0 aromatic heterocycles. The number of carbonyl (C=O) groups is 1. The van der Waals surface area contributed by atoms with Gasteiger partial charge in [0, 0.05) is 0 Å². The van der Waals surface area contributed by atoms with Gasteiger partial charge in [-0.15, -0.1) is 0 Å². The van der Waals surface area contributed by atoms with Crippen LogP contribution in [0.1, 0.15) is 23.6 Å². The van der Waals surface area contributed by atoms with Gasteiger partial charge in [0.1, 0.15) is 0 Å². The minimum Gasteiger partial charge on any atom is -0.452 e. The third-order valence-electron chi connectivity index (χ3n) is 2.42. The minimum absolute atomic E-state index is 0.566. The van der Waals surface area contributed by atoms with E-state index in [9.17, 15) is 4.79 Å². The zero-order valence-corrected chi connectivity index (χ0v) is 10.00. The molecule has 1 rings (SSSR count). The van der Waals surface area contributed by atoms with E-state index in [0.717, 1.165) is 11.3 Å². The zero-order valence-electron chi connectivity index (χ0n) is 10.00. The highest BCUT2D eigenvalue weighted by Crippen LogP contribution is 2.10. The second kappa shape index (κ2) is 5.30. The molecule has 16 heavy (non-hydrogen) atoms. The molecule has 0 aliphatic rings. The molecule has 1 aromatic rings. The van der Waals surface area contributed by atoms with Crippen molar-refractivity contribution in [3.8, 4) is 0 Å². The van der Waals surface area contributed by atoms with Gasteiger partial charge in [-0.1, -0.05) is 12.1 Å². The van der Waals surface area contributed by atoms with Gasteiger partial charge in [0.05, 0.1) is 12.8 Å². The van der Waals surface area contributed by atoms with Crippen LogP contribution in [0.25, 0.3) is 0 Å². The van der Waals surface area contributed by atoms with Gasteiger partial charge >= 0.3 is 6.09 Å². The fourth-order valence-corrected chi connectivity index (χ4v) is 1.21. The maximum atomic E-state index is 10.8. The van der Waals surface area contributed by atoms with E-state index in [2.05, 4.69) is 22.2 Å². The number of ether oxygens (including phenoxy) is 1. The number of hydrazone groups is 1. The second-order valence-electron chi connectivity index (χ2n) is 3.60. The highest BCUT2D eigenvalue weighted by Gasteiger charge is 2.01. The Balaban J connectivity index is 2.83. The fourth-order valence-electron chi connectivity index (χ4n) is 1.21. The lowest BCUT2D eigenvalue weighted by Crippen LogP contribution is -2.18. The van der Waals surface area contributed by atoms with E-state index in [1.165, 1.54) is 18.2 Å². The van der Waals surface area contributed by atoms with Crippen molar-refractivity contribution in [3.63, 3.8) is 0 Å². The Morgan fingerprint density at radius 1 is 1.31 bits per heavy atom. The molecule has 0 saturated heterocycles. The highest BCUT2D eigenvalue weighted by molar-refractivity contribution is 5.99. The van der Waals surface area contributed by atoms with Crippen molar-refractivity contribution in [2.24, 2.45) is 5.10 Å². The molecule has 0 fully saturated rings. The molecule has 0 atom stereocenters. The summed E-state index contributed by atoms with van der Waals surface area (Å²) in [6, 6.07) is 6.04. The first-order chi connectivity index (χ1) is 7.54. The van der Waals surface area contributed by atoms with Crippen LogP contribution in [-0.2, 0) is 4.74 Å². The number of benzene rings is 1. The van der Waals surface area contributed by atoms with Crippen molar-refractivity contribution in [2.45, 2.75) is 20.8 Å². The molecule has 1 amide bonds. The van der Waals surface area contributed by atoms with Crippen LogP contribution in [0, 0.1) is 13.8 Å². The third kappa shape index (κ3) is 3.08. The lowest BCUT2D eigenvalue weighted by molar-refractivity contribution is 0.171. The van der Waals surface area contributed by atoms with Crippen LogP contribution < -0.4 is 5.43 Å². The summed E-state index contributed by atoms with van der Waals surface area (Å²) in [7, 11) is 1.30. The molecule has 0 aliphatic heterocycles. The van der Waals surface area contributed by atoms with Crippen LogP contribution >= 0.6 is 0 Å². The summed E-state index contributed by atoms with van der Waals surface area (Å²) in [6.07, 6.45) is -0.566. The van der Waals surface area contributed by atoms with Gasteiger partial charge in [0.25, 0.3) is 0 Å². The SMILES string of the molecule is COC(=O)N/N=C(/C)c1ccc(C)c(C)c1. The van der Waals surface area contributed by atoms with Crippen LogP contribution in [0.3, 0.4) is 0 Å². The molecule has 0 bridgehead atoms. The van der Waals surface area contributed by atoms with E-state index in [4.69, 9.17) is 0 Å². The first kappa shape index (κ1) is 12.2. The number of aryl methyl sites for hydroxylation is 2. The van der Waals surface area contributed by atoms with E-state index in [0.29, 0.717) is 0 Å². The monoisotopic (exact) mass is 220 g/mol. The predicted octanol–water partition coefficient (Wildman–Crippen LogP) is 2.38. The van der Waals surface area contributed by atoms with Gasteiger partial charge in [-0.3, -0.25) is 0 Å². The molecule has 4 nitrogen and oxygen atoms in total. The summed E-state index contributed by atoms with van der Waals surface area (Å²) in [5.74, 6) is 0. The van der Waals surface area contributed by atoms with Crippen molar-refractivity contribution >= 4 is 11.8 Å². The van der Waals surface area contributed by atoms with E-state index >= 15 is 0 Å². The van der Waals surface area contributed by atoms with Gasteiger partial charge in [-0.2, -0.15) is 5.10 Å². The maximum Gasteiger partial charge on any atom is 0.427 e. The predicted molar refractivity (Wildman–Crippen MR) is 63.7 cm³/mol. The fraction of sp³-hybridized carbons (Fsp3) is 0.333. The first-order valence-corrected chi connectivity index (χ1v) is 5.00. The largest absolute Gasteiger partial charge is 0.452 e. The number of methoxy groups -OCH3 is 1. The molecule has 4 heteroatoms. The Hall–Kier alpha value is -1.84. The summed E-state index contributed by atoms with van der Waals surface area (Å²) in [4.78, 5) is 10.8. The maximum absolute atomic E-state index is 10.8. The molecular weight excluding hydrogens is 204 g/mol. The topological polar surface area (TPSA) is 50.7 Å². The number of carbonyl (C=O) groups excluding carboxylic acids is 1. The van der Waals surface area contributed by atoms with E-state index < -0.39 is 6.09 Å². The normalized spacial score (nSPS) is 11.1. The van der Waals surface area contributed by atoms with Crippen molar-refractivity contribution in [1.82, 2.24) is 5.43 Å². The number of rotatable bonds is 2. The lowest BCUT2D eigenvalue weighted by atomic mass is 10.0. The Morgan fingerprint density at radius 2 is 2.00 bits per heavy atom. The van der Waals surface area contributed by atoms with Crippen LogP contribution in [-0.4, -0.2) is 18.9 Å². The van der Waals surface area contributed by atoms with Gasteiger partial charge < -0.3 is 4.74 Å². The lowest BCUT2D eigenvalue weighted by Gasteiger charge is -2.05. The quantitative estimate of drug-likeness (QED) is 0.614. The molecule has 0 aliphatic carbocycles. The summed E-state index contributed by atoms with van der Waals surface area (Å²) in [5, 5.41) is 3.93. The van der Waals surface area contributed by atoms with Crippen molar-refractivity contribution in [3.05, 3.63) is 34.9 Å². The Bertz CT molecular complexity index is 425. The number of amides is 1. The number of hydrogen-bond donors (Lipinski definition) is 1. The zero-order chi connectivity index (χ0) is 12.1. The Labute approximate surface area is 95.3 Å². The Morgan fingerprint density at radius 3 is 2.56 bits per heavy atom. The van der Waals surface area contributed by atoms with Crippen molar-refractivity contribution in [1.29, 1.82) is 0 Å². The van der Waals surface area contributed by atoms with Crippen LogP contribution in [0.15, 0.2) is 23.3 Å². The highest BCUT2D eigenvalue weighted by atomic mass is 16.5.